The molecule has 0 aliphatic rings. The van der Waals surface area contributed by atoms with E-state index in [0.717, 1.165) is 12.8 Å². The second-order valence-electron chi connectivity index (χ2n) is 5.27. The van der Waals surface area contributed by atoms with Crippen molar-refractivity contribution in [3.05, 3.63) is 0 Å². The smallest absolute Gasteiger partial charge is 0.413 e. The molecule has 0 fully saturated rings. The van der Waals surface area contributed by atoms with Crippen molar-refractivity contribution in [1.82, 2.24) is 0 Å². The van der Waals surface area contributed by atoms with E-state index in [1.165, 1.54) is 0 Å². The molecule has 0 spiro atoms. The molecule has 0 aromatic heterocycles. The zero-order valence-corrected chi connectivity index (χ0v) is 12.9. The van der Waals surface area contributed by atoms with Gasteiger partial charge in [0, 0.05) is 0 Å². The van der Waals surface area contributed by atoms with Crippen LogP contribution in [0.5, 0.6) is 0 Å². The Morgan fingerprint density at radius 1 is 1.00 bits per heavy atom. The molecule has 0 rings (SSSR count). The molecule has 1 atom stereocenters. The predicted octanol–water partition coefficient (Wildman–Crippen LogP) is 5.27. The highest BCUT2D eigenvalue weighted by atomic mass is 19.4. The van der Waals surface area contributed by atoms with Crippen LogP contribution in [0.15, 0.2) is 0 Å². The molecule has 2 nitrogen and oxygen atoms in total. The zero-order chi connectivity index (χ0) is 17.6. The summed E-state index contributed by atoms with van der Waals surface area (Å²) < 4.78 is 81.9. The second-order valence-corrected chi connectivity index (χ2v) is 5.27. The first kappa shape index (κ1) is 21.0. The van der Waals surface area contributed by atoms with Crippen LogP contribution >= 0.6 is 0 Å². The van der Waals surface area contributed by atoms with E-state index in [-0.39, 0.29) is 5.92 Å². The summed E-state index contributed by atoms with van der Waals surface area (Å²) >= 11 is 0. The van der Waals surface area contributed by atoms with Crippen LogP contribution in [-0.4, -0.2) is 24.9 Å². The van der Waals surface area contributed by atoms with Crippen LogP contribution in [-0.2, 0) is 9.53 Å². The Morgan fingerprint density at radius 2 is 1.50 bits per heavy atom. The quantitative estimate of drug-likeness (QED) is 0.446. The highest BCUT2D eigenvalue weighted by Crippen LogP contribution is 2.53. The summed E-state index contributed by atoms with van der Waals surface area (Å²) in [5, 5.41) is 0. The Bertz CT molecular complexity index is 334. The molecule has 0 aromatic carbocycles. The van der Waals surface area contributed by atoms with Crippen molar-refractivity contribution >= 4 is 5.97 Å². The summed E-state index contributed by atoms with van der Waals surface area (Å²) in [5.74, 6) is -2.50. The highest BCUT2D eigenvalue weighted by Gasteiger charge is 2.75. The van der Waals surface area contributed by atoms with Gasteiger partial charge in [-0.15, -0.1) is 0 Å². The molecule has 22 heavy (non-hydrogen) atoms. The van der Waals surface area contributed by atoms with Gasteiger partial charge < -0.3 is 4.74 Å². The standard InChI is InChI=1S/C14H22F6O2/c1-4-7-8-10(5-2)9-22-11(21)12(6-3,13(15,16)17)14(18,19)20/h10H,4-9H2,1-3H3/t10-/m0/s1. The second kappa shape index (κ2) is 8.06. The number of rotatable bonds is 8. The molecule has 0 amide bonds. The van der Waals surface area contributed by atoms with Crippen molar-refractivity contribution in [2.75, 3.05) is 6.61 Å². The lowest BCUT2D eigenvalue weighted by atomic mass is 9.83. The first-order chi connectivity index (χ1) is 9.97. The minimum Gasteiger partial charge on any atom is -0.464 e. The van der Waals surface area contributed by atoms with Crippen molar-refractivity contribution < 1.29 is 35.9 Å². The normalized spacial score (nSPS) is 14.8. The van der Waals surface area contributed by atoms with Gasteiger partial charge in [-0.25, -0.2) is 0 Å². The largest absolute Gasteiger partial charge is 0.464 e. The monoisotopic (exact) mass is 336 g/mol. The average Bonchev–Trinajstić information content (AvgIpc) is 2.36. The summed E-state index contributed by atoms with van der Waals surface area (Å²) in [4.78, 5) is 11.6. The van der Waals surface area contributed by atoms with Crippen molar-refractivity contribution in [3.63, 3.8) is 0 Å². The Hall–Kier alpha value is -0.950. The van der Waals surface area contributed by atoms with Crippen LogP contribution in [0.2, 0.25) is 0 Å². The van der Waals surface area contributed by atoms with Gasteiger partial charge in [0.1, 0.15) is 0 Å². The fourth-order valence-electron chi connectivity index (χ4n) is 2.15. The summed E-state index contributed by atoms with van der Waals surface area (Å²) in [5.41, 5.74) is -4.46. The third-order valence-electron chi connectivity index (χ3n) is 3.84. The average molecular weight is 336 g/mol. The zero-order valence-electron chi connectivity index (χ0n) is 12.9. The van der Waals surface area contributed by atoms with Gasteiger partial charge in [-0.2, -0.15) is 26.3 Å². The maximum absolute atomic E-state index is 12.9. The van der Waals surface area contributed by atoms with Gasteiger partial charge in [0.25, 0.3) is 5.41 Å². The molecular formula is C14H22F6O2. The van der Waals surface area contributed by atoms with Crippen LogP contribution in [0.25, 0.3) is 0 Å². The molecule has 0 saturated carbocycles. The van der Waals surface area contributed by atoms with Gasteiger partial charge in [0.15, 0.2) is 0 Å². The van der Waals surface area contributed by atoms with Crippen molar-refractivity contribution in [1.29, 1.82) is 0 Å². The van der Waals surface area contributed by atoms with Gasteiger partial charge in [-0.05, 0) is 18.8 Å². The molecule has 0 aliphatic heterocycles. The summed E-state index contributed by atoms with van der Waals surface area (Å²) in [6.45, 7) is 3.91. The van der Waals surface area contributed by atoms with Crippen molar-refractivity contribution in [3.8, 4) is 0 Å². The maximum atomic E-state index is 12.9. The van der Waals surface area contributed by atoms with E-state index in [2.05, 4.69) is 4.74 Å². The van der Waals surface area contributed by atoms with Gasteiger partial charge in [-0.3, -0.25) is 4.79 Å². The van der Waals surface area contributed by atoms with Crippen molar-refractivity contribution in [2.24, 2.45) is 11.3 Å². The molecule has 132 valence electrons. The van der Waals surface area contributed by atoms with E-state index in [1.807, 2.05) is 6.92 Å². The Morgan fingerprint density at radius 3 is 1.82 bits per heavy atom. The van der Waals surface area contributed by atoms with Crippen LogP contribution in [0.1, 0.15) is 52.9 Å². The van der Waals surface area contributed by atoms with Gasteiger partial charge in [0.2, 0.25) is 0 Å². The van der Waals surface area contributed by atoms with E-state index in [0.29, 0.717) is 19.8 Å². The number of unbranched alkanes of at least 4 members (excludes halogenated alkanes) is 1. The van der Waals surface area contributed by atoms with E-state index >= 15 is 0 Å². The topological polar surface area (TPSA) is 26.3 Å². The third-order valence-corrected chi connectivity index (χ3v) is 3.84. The first-order valence-corrected chi connectivity index (χ1v) is 7.28. The summed E-state index contributed by atoms with van der Waals surface area (Å²) in [6.07, 6.45) is -10.2. The number of esters is 1. The lowest BCUT2D eigenvalue weighted by molar-refractivity contribution is -0.333. The lowest BCUT2D eigenvalue weighted by Gasteiger charge is -2.34. The van der Waals surface area contributed by atoms with Crippen LogP contribution < -0.4 is 0 Å². The number of hydrogen-bond acceptors (Lipinski definition) is 2. The number of hydrogen-bond donors (Lipinski definition) is 0. The highest BCUT2D eigenvalue weighted by molar-refractivity contribution is 5.79. The van der Waals surface area contributed by atoms with E-state index in [4.69, 9.17) is 0 Å². The summed E-state index contributed by atoms with van der Waals surface area (Å²) in [7, 11) is 0. The summed E-state index contributed by atoms with van der Waals surface area (Å²) in [6, 6.07) is 0. The molecule has 0 radical (unpaired) electrons. The Labute approximate surface area is 126 Å². The number of carbonyl (C=O) groups is 1. The fourth-order valence-corrected chi connectivity index (χ4v) is 2.15. The Kier molecular flexibility index (Phi) is 7.71. The minimum absolute atomic E-state index is 0.236. The molecule has 8 heteroatoms. The maximum Gasteiger partial charge on any atom is 0.413 e. The SMILES string of the molecule is CCCC[C@H](CC)COC(=O)C(CC)(C(F)(F)F)C(F)(F)F. The van der Waals surface area contributed by atoms with Gasteiger partial charge in [-0.1, -0.05) is 40.0 Å². The first-order valence-electron chi connectivity index (χ1n) is 7.28. The van der Waals surface area contributed by atoms with Gasteiger partial charge in [0.05, 0.1) is 6.61 Å². The van der Waals surface area contributed by atoms with E-state index in [1.54, 1.807) is 6.92 Å². The number of ether oxygens (including phenoxy) is 1. The molecule has 0 aliphatic carbocycles. The number of halogens is 6. The molecular weight excluding hydrogens is 314 g/mol. The fraction of sp³-hybridized carbons (Fsp3) is 0.929. The molecule has 0 unspecified atom stereocenters. The number of carbonyl (C=O) groups excluding carboxylic acids is 1. The molecule has 0 N–H and O–H groups in total. The number of alkyl halides is 6. The van der Waals surface area contributed by atoms with Crippen molar-refractivity contribution in [2.45, 2.75) is 65.2 Å². The van der Waals surface area contributed by atoms with Crippen LogP contribution in [0, 0.1) is 11.3 Å². The van der Waals surface area contributed by atoms with Crippen LogP contribution in [0.3, 0.4) is 0 Å². The van der Waals surface area contributed by atoms with Crippen LogP contribution in [0.4, 0.5) is 26.3 Å². The Balaban J connectivity index is 5.16. The molecule has 0 heterocycles. The molecule has 0 bridgehead atoms. The van der Waals surface area contributed by atoms with E-state index < -0.39 is 36.8 Å². The minimum atomic E-state index is -5.75. The van der Waals surface area contributed by atoms with E-state index in [9.17, 15) is 31.1 Å². The van der Waals surface area contributed by atoms with Gasteiger partial charge >= 0.3 is 18.3 Å². The molecule has 0 aromatic rings. The third kappa shape index (κ3) is 4.52. The lowest BCUT2D eigenvalue weighted by Crippen LogP contribution is -2.56. The molecule has 0 saturated heterocycles. The predicted molar refractivity (Wildman–Crippen MR) is 69.1 cm³/mol.